The van der Waals surface area contributed by atoms with Crippen molar-refractivity contribution in [2.24, 2.45) is 11.3 Å². The Labute approximate surface area is 183 Å². The molecule has 0 unspecified atom stereocenters. The fourth-order valence-corrected chi connectivity index (χ4v) is 5.24. The zero-order valence-corrected chi connectivity index (χ0v) is 18.3. The molecule has 2 fully saturated rings. The first kappa shape index (κ1) is 21.6. The summed E-state index contributed by atoms with van der Waals surface area (Å²) < 4.78 is 5.55. The molecule has 1 atom stereocenters. The van der Waals surface area contributed by atoms with Gasteiger partial charge in [0.15, 0.2) is 0 Å². The smallest absolute Gasteiger partial charge is 0.311 e. The molecule has 6 nitrogen and oxygen atoms in total. The molecular weight excluding hydrogens is 392 g/mol. The van der Waals surface area contributed by atoms with E-state index < -0.39 is 11.4 Å². The number of aryl methyl sites for hydroxylation is 1. The minimum Gasteiger partial charge on any atom is -0.481 e. The summed E-state index contributed by atoms with van der Waals surface area (Å²) in [5.74, 6) is 0.443. The quantitative estimate of drug-likeness (QED) is 0.686. The second-order valence-corrected chi connectivity index (χ2v) is 9.36. The van der Waals surface area contributed by atoms with Crippen LogP contribution in [0.15, 0.2) is 34.9 Å². The van der Waals surface area contributed by atoms with E-state index in [1.807, 2.05) is 37.3 Å². The van der Waals surface area contributed by atoms with E-state index in [2.05, 4.69) is 5.16 Å². The van der Waals surface area contributed by atoms with Gasteiger partial charge in [-0.1, -0.05) is 55.1 Å². The van der Waals surface area contributed by atoms with Crippen molar-refractivity contribution in [3.63, 3.8) is 0 Å². The van der Waals surface area contributed by atoms with Crippen LogP contribution in [0, 0.1) is 18.3 Å². The predicted molar refractivity (Wildman–Crippen MR) is 117 cm³/mol. The van der Waals surface area contributed by atoms with Crippen LogP contribution in [-0.2, 0) is 16.0 Å². The van der Waals surface area contributed by atoms with Gasteiger partial charge in [0.25, 0.3) is 0 Å². The molecule has 2 aliphatic rings. The number of hydrogen-bond acceptors (Lipinski definition) is 4. The number of carbonyl (C=O) groups excluding carboxylic acids is 1. The second kappa shape index (κ2) is 9.25. The topological polar surface area (TPSA) is 83.6 Å². The van der Waals surface area contributed by atoms with Gasteiger partial charge >= 0.3 is 5.97 Å². The Balaban J connectivity index is 1.45. The molecule has 4 rings (SSSR count). The number of aliphatic carboxylic acids is 1. The third kappa shape index (κ3) is 4.83. The van der Waals surface area contributed by atoms with Crippen LogP contribution < -0.4 is 0 Å². The van der Waals surface area contributed by atoms with E-state index in [0.29, 0.717) is 43.2 Å². The van der Waals surface area contributed by atoms with Gasteiger partial charge in [0, 0.05) is 37.6 Å². The fourth-order valence-electron chi connectivity index (χ4n) is 5.24. The fraction of sp³-hybridized carbons (Fsp3) is 0.560. The molecule has 0 spiro atoms. The van der Waals surface area contributed by atoms with E-state index in [0.717, 1.165) is 17.5 Å². The number of aromatic nitrogens is 1. The molecule has 31 heavy (non-hydrogen) atoms. The van der Waals surface area contributed by atoms with Crippen molar-refractivity contribution in [2.75, 3.05) is 13.1 Å². The number of carbonyl (C=O) groups is 2. The van der Waals surface area contributed by atoms with Crippen LogP contribution >= 0.6 is 0 Å². The maximum atomic E-state index is 12.8. The van der Waals surface area contributed by atoms with Crippen LogP contribution in [-0.4, -0.2) is 40.1 Å². The molecule has 1 saturated carbocycles. The summed E-state index contributed by atoms with van der Waals surface area (Å²) in [5.41, 5.74) is 1.76. The summed E-state index contributed by atoms with van der Waals surface area (Å²) in [4.78, 5) is 27.0. The third-order valence-electron chi connectivity index (χ3n) is 7.12. The number of nitrogens with zero attached hydrogens (tertiary/aromatic N) is 2. The first-order valence-electron chi connectivity index (χ1n) is 11.5. The summed E-state index contributed by atoms with van der Waals surface area (Å²) >= 11 is 0. The summed E-state index contributed by atoms with van der Waals surface area (Å²) in [7, 11) is 0. The van der Waals surface area contributed by atoms with Crippen molar-refractivity contribution in [3.05, 3.63) is 41.7 Å². The lowest BCUT2D eigenvalue weighted by Gasteiger charge is -2.39. The van der Waals surface area contributed by atoms with Crippen molar-refractivity contribution in [2.45, 2.75) is 64.7 Å². The zero-order valence-electron chi connectivity index (χ0n) is 18.3. The number of piperidine rings is 1. The minimum absolute atomic E-state index is 0.0930. The van der Waals surface area contributed by atoms with Crippen LogP contribution in [0.5, 0.6) is 0 Å². The van der Waals surface area contributed by atoms with Crippen LogP contribution in [0.3, 0.4) is 0 Å². The monoisotopic (exact) mass is 424 g/mol. The van der Waals surface area contributed by atoms with E-state index in [1.54, 1.807) is 4.90 Å². The normalized spacial score (nSPS) is 22.0. The molecule has 0 bridgehead atoms. The number of amides is 1. The highest BCUT2D eigenvalue weighted by atomic mass is 16.5. The lowest BCUT2D eigenvalue weighted by molar-refractivity contribution is -0.155. The molecule has 0 radical (unpaired) electrons. The summed E-state index contributed by atoms with van der Waals surface area (Å²) in [6.45, 7) is 2.90. The Bertz CT molecular complexity index is 931. The van der Waals surface area contributed by atoms with Gasteiger partial charge in [-0.05, 0) is 37.7 Å². The summed E-state index contributed by atoms with van der Waals surface area (Å²) in [6.07, 6.45) is 7.92. The van der Waals surface area contributed by atoms with Crippen molar-refractivity contribution in [1.82, 2.24) is 10.1 Å². The van der Waals surface area contributed by atoms with Crippen LogP contribution in [0.25, 0.3) is 11.3 Å². The van der Waals surface area contributed by atoms with Crippen LogP contribution in [0.1, 0.15) is 62.7 Å². The van der Waals surface area contributed by atoms with Crippen molar-refractivity contribution in [1.29, 1.82) is 0 Å². The number of rotatable bonds is 7. The molecule has 1 saturated heterocycles. The largest absolute Gasteiger partial charge is 0.481 e. The maximum Gasteiger partial charge on any atom is 0.311 e. The highest BCUT2D eigenvalue weighted by Crippen LogP contribution is 2.36. The van der Waals surface area contributed by atoms with Gasteiger partial charge in [0.2, 0.25) is 5.91 Å². The Morgan fingerprint density at radius 2 is 2.00 bits per heavy atom. The molecule has 1 aliphatic carbocycles. The summed E-state index contributed by atoms with van der Waals surface area (Å²) in [6, 6.07) is 9.76. The average Bonchev–Trinajstić information content (AvgIpc) is 3.44. The van der Waals surface area contributed by atoms with Gasteiger partial charge in [-0.3, -0.25) is 9.59 Å². The van der Waals surface area contributed by atoms with Gasteiger partial charge in [-0.15, -0.1) is 0 Å². The van der Waals surface area contributed by atoms with Gasteiger partial charge in [0.05, 0.1) is 5.41 Å². The molecule has 2 aromatic rings. The Hall–Kier alpha value is -2.63. The molecule has 1 aromatic carbocycles. The number of carboxylic acids is 1. The second-order valence-electron chi connectivity index (χ2n) is 9.36. The minimum atomic E-state index is -1.02. The highest BCUT2D eigenvalue weighted by Gasteiger charge is 2.44. The standard InChI is InChI=1S/C25H32N2O4/c1-18-7-2-5-10-21(18)22-15-20(31-26-22)16-25(24(29)30)13-6-14-27(17-25)23(28)12-11-19-8-3-4-9-19/h2,5,7,10,15,19H,3-4,6,8-9,11-14,16-17H2,1H3,(H,29,30)/t25-/m1/s1. The Morgan fingerprint density at radius 3 is 2.74 bits per heavy atom. The molecule has 166 valence electrons. The number of benzene rings is 1. The molecular formula is C25H32N2O4. The number of likely N-dealkylation sites (tertiary alicyclic amines) is 1. The number of hydrogen-bond donors (Lipinski definition) is 1. The van der Waals surface area contributed by atoms with Gasteiger partial charge in [0.1, 0.15) is 11.5 Å². The Morgan fingerprint density at radius 1 is 1.23 bits per heavy atom. The molecule has 6 heteroatoms. The molecule has 1 amide bonds. The highest BCUT2D eigenvalue weighted by molar-refractivity contribution is 5.80. The van der Waals surface area contributed by atoms with Crippen molar-refractivity contribution < 1.29 is 19.2 Å². The van der Waals surface area contributed by atoms with Crippen molar-refractivity contribution in [3.8, 4) is 11.3 Å². The van der Waals surface area contributed by atoms with E-state index >= 15 is 0 Å². The van der Waals surface area contributed by atoms with E-state index in [1.165, 1.54) is 25.7 Å². The molecule has 1 aliphatic heterocycles. The first-order chi connectivity index (χ1) is 15.0. The lowest BCUT2D eigenvalue weighted by atomic mass is 9.76. The van der Waals surface area contributed by atoms with Gasteiger partial charge in [-0.25, -0.2) is 0 Å². The third-order valence-corrected chi connectivity index (χ3v) is 7.12. The van der Waals surface area contributed by atoms with E-state index in [-0.39, 0.29) is 18.9 Å². The Kier molecular flexibility index (Phi) is 6.44. The lowest BCUT2D eigenvalue weighted by Crippen LogP contribution is -2.51. The number of carboxylic acid groups (broad SMARTS) is 1. The van der Waals surface area contributed by atoms with E-state index in [4.69, 9.17) is 4.52 Å². The first-order valence-corrected chi connectivity index (χ1v) is 11.5. The average molecular weight is 425 g/mol. The molecule has 1 N–H and O–H groups in total. The van der Waals surface area contributed by atoms with Gasteiger partial charge < -0.3 is 14.5 Å². The predicted octanol–water partition coefficient (Wildman–Crippen LogP) is 4.86. The van der Waals surface area contributed by atoms with Crippen LogP contribution in [0.4, 0.5) is 0 Å². The molecule has 1 aromatic heterocycles. The van der Waals surface area contributed by atoms with Crippen molar-refractivity contribution >= 4 is 11.9 Å². The van der Waals surface area contributed by atoms with E-state index in [9.17, 15) is 14.7 Å². The summed E-state index contributed by atoms with van der Waals surface area (Å²) in [5, 5.41) is 14.3. The maximum absolute atomic E-state index is 12.8. The zero-order chi connectivity index (χ0) is 21.8. The molecule has 2 heterocycles. The van der Waals surface area contributed by atoms with Gasteiger partial charge in [-0.2, -0.15) is 0 Å². The SMILES string of the molecule is Cc1ccccc1-c1cc(C[C@]2(C(=O)O)CCCN(C(=O)CCC3CCCC3)C2)on1. The van der Waals surface area contributed by atoms with Crippen LogP contribution in [0.2, 0.25) is 0 Å².